The fourth-order valence-electron chi connectivity index (χ4n) is 0.882. The standard InChI is InChI=1S/C7H11BrN4/c8-5-3-12-7(11)1-4(5)6(10)2-9/h1,3,6H,2,9-10H2,(H2,11,12)/t6-/m0/s1. The van der Waals surface area contributed by atoms with Crippen LogP contribution in [0.1, 0.15) is 11.6 Å². The van der Waals surface area contributed by atoms with Gasteiger partial charge < -0.3 is 17.2 Å². The molecule has 0 aliphatic heterocycles. The van der Waals surface area contributed by atoms with Crippen LogP contribution < -0.4 is 17.2 Å². The second-order valence-electron chi connectivity index (χ2n) is 2.47. The third kappa shape index (κ3) is 1.94. The molecule has 4 nitrogen and oxygen atoms in total. The molecule has 1 aromatic heterocycles. The molecule has 1 atom stereocenters. The van der Waals surface area contributed by atoms with Gasteiger partial charge in [0.25, 0.3) is 0 Å². The van der Waals surface area contributed by atoms with Gasteiger partial charge in [-0.1, -0.05) is 0 Å². The van der Waals surface area contributed by atoms with Crippen LogP contribution in [0.25, 0.3) is 0 Å². The zero-order valence-corrected chi connectivity index (χ0v) is 8.08. The Morgan fingerprint density at radius 1 is 1.58 bits per heavy atom. The fourth-order valence-corrected chi connectivity index (χ4v) is 1.39. The first-order valence-corrected chi connectivity index (χ1v) is 4.31. The monoisotopic (exact) mass is 230 g/mol. The second-order valence-corrected chi connectivity index (χ2v) is 3.33. The number of hydrogen-bond donors (Lipinski definition) is 3. The maximum absolute atomic E-state index is 5.73. The van der Waals surface area contributed by atoms with Gasteiger partial charge in [0, 0.05) is 23.3 Å². The third-order valence-electron chi connectivity index (χ3n) is 1.56. The van der Waals surface area contributed by atoms with E-state index in [1.165, 1.54) is 0 Å². The lowest BCUT2D eigenvalue weighted by Gasteiger charge is -2.10. The molecule has 12 heavy (non-hydrogen) atoms. The van der Waals surface area contributed by atoms with Crippen molar-refractivity contribution in [2.24, 2.45) is 11.5 Å². The van der Waals surface area contributed by atoms with Crippen LogP contribution in [0.3, 0.4) is 0 Å². The summed E-state index contributed by atoms with van der Waals surface area (Å²) in [6.45, 7) is 0.391. The zero-order valence-electron chi connectivity index (χ0n) is 6.50. The molecule has 0 spiro atoms. The van der Waals surface area contributed by atoms with Crippen LogP contribution in [0.2, 0.25) is 0 Å². The van der Waals surface area contributed by atoms with Crippen LogP contribution in [0.5, 0.6) is 0 Å². The van der Waals surface area contributed by atoms with Crippen molar-refractivity contribution < 1.29 is 0 Å². The molecular formula is C7H11BrN4. The molecule has 6 N–H and O–H groups in total. The van der Waals surface area contributed by atoms with E-state index in [1.54, 1.807) is 12.3 Å². The van der Waals surface area contributed by atoms with Crippen LogP contribution in [0.4, 0.5) is 5.82 Å². The number of nitrogens with two attached hydrogens (primary N) is 3. The first-order chi connectivity index (χ1) is 5.65. The lowest BCUT2D eigenvalue weighted by atomic mass is 10.1. The molecule has 0 saturated heterocycles. The normalized spacial score (nSPS) is 12.9. The summed E-state index contributed by atoms with van der Waals surface area (Å²) in [5, 5.41) is 0. The van der Waals surface area contributed by atoms with Crippen molar-refractivity contribution in [1.29, 1.82) is 0 Å². The Labute approximate surface area is 79.3 Å². The molecule has 0 aliphatic carbocycles. The largest absolute Gasteiger partial charge is 0.384 e. The highest BCUT2D eigenvalue weighted by Gasteiger charge is 2.08. The maximum atomic E-state index is 5.73. The summed E-state index contributed by atoms with van der Waals surface area (Å²) >= 11 is 3.32. The number of aromatic nitrogens is 1. The quantitative estimate of drug-likeness (QED) is 0.686. The highest BCUT2D eigenvalue weighted by atomic mass is 79.9. The third-order valence-corrected chi connectivity index (χ3v) is 2.22. The molecule has 0 bridgehead atoms. The van der Waals surface area contributed by atoms with Gasteiger partial charge in [-0.15, -0.1) is 0 Å². The highest BCUT2D eigenvalue weighted by molar-refractivity contribution is 9.10. The average molecular weight is 231 g/mol. The molecule has 0 radical (unpaired) electrons. The molecule has 0 aromatic carbocycles. The van der Waals surface area contributed by atoms with Gasteiger partial charge in [-0.3, -0.25) is 0 Å². The molecule has 0 saturated carbocycles. The number of pyridine rings is 1. The molecular weight excluding hydrogens is 220 g/mol. The Bertz CT molecular complexity index is 276. The van der Waals surface area contributed by atoms with E-state index in [0.717, 1.165) is 10.0 Å². The second kappa shape index (κ2) is 3.84. The average Bonchev–Trinajstić information content (AvgIpc) is 2.08. The predicted molar refractivity (Wildman–Crippen MR) is 52.3 cm³/mol. The number of nitrogens with zero attached hydrogens (tertiary/aromatic N) is 1. The Morgan fingerprint density at radius 3 is 2.83 bits per heavy atom. The molecule has 1 aromatic rings. The van der Waals surface area contributed by atoms with E-state index in [2.05, 4.69) is 20.9 Å². The Morgan fingerprint density at radius 2 is 2.25 bits per heavy atom. The van der Waals surface area contributed by atoms with Crippen LogP contribution in [-0.4, -0.2) is 11.5 Å². The van der Waals surface area contributed by atoms with E-state index >= 15 is 0 Å². The smallest absolute Gasteiger partial charge is 0.123 e. The summed E-state index contributed by atoms with van der Waals surface area (Å²) in [5.74, 6) is 0.456. The van der Waals surface area contributed by atoms with Gasteiger partial charge in [-0.05, 0) is 27.6 Å². The van der Waals surface area contributed by atoms with E-state index in [-0.39, 0.29) is 6.04 Å². The van der Waals surface area contributed by atoms with Gasteiger partial charge in [0.2, 0.25) is 0 Å². The highest BCUT2D eigenvalue weighted by Crippen LogP contribution is 2.21. The minimum atomic E-state index is -0.190. The molecule has 66 valence electrons. The zero-order chi connectivity index (χ0) is 9.14. The topological polar surface area (TPSA) is 91.0 Å². The van der Waals surface area contributed by atoms with Gasteiger partial charge in [-0.2, -0.15) is 0 Å². The number of anilines is 1. The summed E-state index contributed by atoms with van der Waals surface area (Å²) < 4.78 is 0.842. The molecule has 0 amide bonds. The summed E-state index contributed by atoms with van der Waals surface area (Å²) in [6, 6.07) is 1.53. The van der Waals surface area contributed by atoms with Crippen molar-refractivity contribution >= 4 is 21.7 Å². The van der Waals surface area contributed by atoms with E-state index in [0.29, 0.717) is 12.4 Å². The number of rotatable bonds is 2. The van der Waals surface area contributed by atoms with Crippen molar-refractivity contribution in [3.05, 3.63) is 22.3 Å². The molecule has 5 heteroatoms. The predicted octanol–water partition coefficient (Wildman–Crippen LogP) is 0.385. The van der Waals surface area contributed by atoms with Crippen LogP contribution in [0.15, 0.2) is 16.7 Å². The maximum Gasteiger partial charge on any atom is 0.123 e. The van der Waals surface area contributed by atoms with Crippen molar-refractivity contribution in [1.82, 2.24) is 4.98 Å². The van der Waals surface area contributed by atoms with Gasteiger partial charge >= 0.3 is 0 Å². The van der Waals surface area contributed by atoms with Crippen molar-refractivity contribution in [2.45, 2.75) is 6.04 Å². The van der Waals surface area contributed by atoms with Gasteiger partial charge in [0.05, 0.1) is 0 Å². The Kier molecular flexibility index (Phi) is 3.02. The Balaban J connectivity index is 3.04. The summed E-state index contributed by atoms with van der Waals surface area (Å²) in [4.78, 5) is 3.89. The summed E-state index contributed by atoms with van der Waals surface area (Å²) in [7, 11) is 0. The van der Waals surface area contributed by atoms with Crippen LogP contribution in [0, 0.1) is 0 Å². The molecule has 0 fully saturated rings. The molecule has 0 unspecified atom stereocenters. The lowest BCUT2D eigenvalue weighted by Crippen LogP contribution is -2.21. The Hall–Kier alpha value is -0.650. The molecule has 0 aliphatic rings. The van der Waals surface area contributed by atoms with Crippen LogP contribution in [-0.2, 0) is 0 Å². The first kappa shape index (κ1) is 9.44. The minimum Gasteiger partial charge on any atom is -0.384 e. The summed E-state index contributed by atoms with van der Waals surface area (Å²) in [5.41, 5.74) is 17.5. The fraction of sp³-hybridized carbons (Fsp3) is 0.286. The van der Waals surface area contributed by atoms with E-state index in [4.69, 9.17) is 17.2 Å². The van der Waals surface area contributed by atoms with Crippen molar-refractivity contribution in [2.75, 3.05) is 12.3 Å². The van der Waals surface area contributed by atoms with Crippen molar-refractivity contribution in [3.63, 3.8) is 0 Å². The number of halogens is 1. The van der Waals surface area contributed by atoms with Crippen LogP contribution >= 0.6 is 15.9 Å². The van der Waals surface area contributed by atoms with E-state index in [1.807, 2.05) is 0 Å². The number of hydrogen-bond acceptors (Lipinski definition) is 4. The first-order valence-electron chi connectivity index (χ1n) is 3.51. The van der Waals surface area contributed by atoms with E-state index in [9.17, 15) is 0 Å². The molecule has 1 rings (SSSR count). The van der Waals surface area contributed by atoms with Crippen molar-refractivity contribution in [3.8, 4) is 0 Å². The van der Waals surface area contributed by atoms with Gasteiger partial charge in [0.1, 0.15) is 5.82 Å². The summed E-state index contributed by atoms with van der Waals surface area (Å²) in [6.07, 6.45) is 1.63. The van der Waals surface area contributed by atoms with E-state index < -0.39 is 0 Å². The number of nitrogen functional groups attached to an aromatic ring is 1. The SMILES string of the molecule is NC[C@H](N)c1cc(N)ncc1Br. The lowest BCUT2D eigenvalue weighted by molar-refractivity contribution is 0.732. The van der Waals surface area contributed by atoms with Gasteiger partial charge in [0.15, 0.2) is 0 Å². The minimum absolute atomic E-state index is 0.190. The molecule has 1 heterocycles. The van der Waals surface area contributed by atoms with Gasteiger partial charge in [-0.25, -0.2) is 4.98 Å².